The highest BCUT2D eigenvalue weighted by Gasteiger charge is 2.24. The van der Waals surface area contributed by atoms with Gasteiger partial charge in [-0.05, 0) is 26.7 Å². The van der Waals surface area contributed by atoms with Gasteiger partial charge in [-0.2, -0.15) is 0 Å². The summed E-state index contributed by atoms with van der Waals surface area (Å²) in [4.78, 5) is 35.3. The molecule has 0 aliphatic carbocycles. The Morgan fingerprint density at radius 1 is 1.14 bits per heavy atom. The Balaban J connectivity index is 4.59. The van der Waals surface area contributed by atoms with E-state index >= 15 is 0 Å². The van der Waals surface area contributed by atoms with Gasteiger partial charge in [0, 0.05) is 19.0 Å². The fourth-order valence-electron chi connectivity index (χ4n) is 1.88. The monoisotopic (exact) mass is 302 g/mol. The van der Waals surface area contributed by atoms with Gasteiger partial charge in [0.1, 0.15) is 6.04 Å². The first-order chi connectivity index (χ1) is 9.79. The third-order valence-corrected chi connectivity index (χ3v) is 3.13. The predicted molar refractivity (Wildman–Crippen MR) is 78.2 cm³/mol. The van der Waals surface area contributed by atoms with Gasteiger partial charge in [0.2, 0.25) is 0 Å². The van der Waals surface area contributed by atoms with Crippen LogP contribution in [0.1, 0.15) is 52.9 Å². The molecule has 0 aliphatic rings. The molecule has 3 N–H and O–H groups in total. The second-order valence-corrected chi connectivity index (χ2v) is 5.27. The lowest BCUT2D eigenvalue weighted by molar-refractivity contribution is -0.140. The number of carbonyl (C=O) groups is 3. The van der Waals surface area contributed by atoms with Crippen LogP contribution in [0.3, 0.4) is 0 Å². The van der Waals surface area contributed by atoms with Crippen LogP contribution in [0.5, 0.6) is 0 Å². The van der Waals surface area contributed by atoms with E-state index in [1.54, 1.807) is 4.90 Å². The Labute approximate surface area is 125 Å². The maximum atomic E-state index is 12.1. The van der Waals surface area contributed by atoms with E-state index in [9.17, 15) is 14.4 Å². The van der Waals surface area contributed by atoms with Gasteiger partial charge >= 0.3 is 18.0 Å². The zero-order valence-corrected chi connectivity index (χ0v) is 13.0. The highest BCUT2D eigenvalue weighted by atomic mass is 16.4. The number of aliphatic carboxylic acids is 2. The molecule has 1 unspecified atom stereocenters. The summed E-state index contributed by atoms with van der Waals surface area (Å²) >= 11 is 0. The fourth-order valence-corrected chi connectivity index (χ4v) is 1.88. The molecule has 2 amide bonds. The molecule has 0 aromatic carbocycles. The highest BCUT2D eigenvalue weighted by molar-refractivity contribution is 5.83. The maximum Gasteiger partial charge on any atom is 0.326 e. The number of hydrogen-bond donors (Lipinski definition) is 3. The van der Waals surface area contributed by atoms with E-state index in [2.05, 4.69) is 12.2 Å². The van der Waals surface area contributed by atoms with E-state index in [1.165, 1.54) is 0 Å². The van der Waals surface area contributed by atoms with Gasteiger partial charge in [0.25, 0.3) is 0 Å². The Bertz CT molecular complexity index is 357. The Hall–Kier alpha value is -1.79. The van der Waals surface area contributed by atoms with E-state index in [1.807, 2.05) is 13.8 Å². The van der Waals surface area contributed by atoms with Gasteiger partial charge in [-0.3, -0.25) is 4.79 Å². The SMILES string of the molecule is CCCCCN(C(=O)NC(CCC(=O)O)C(=O)O)C(C)C. The molecule has 0 aliphatic heterocycles. The van der Waals surface area contributed by atoms with Crippen molar-refractivity contribution in [2.24, 2.45) is 0 Å². The van der Waals surface area contributed by atoms with Crippen molar-refractivity contribution in [3.05, 3.63) is 0 Å². The van der Waals surface area contributed by atoms with Crippen molar-refractivity contribution in [3.63, 3.8) is 0 Å². The second kappa shape index (κ2) is 10.0. The molecule has 0 saturated carbocycles. The lowest BCUT2D eigenvalue weighted by Crippen LogP contribution is -2.50. The normalized spacial score (nSPS) is 12.0. The predicted octanol–water partition coefficient (Wildman–Crippen LogP) is 1.91. The van der Waals surface area contributed by atoms with Crippen molar-refractivity contribution in [2.75, 3.05) is 6.54 Å². The summed E-state index contributed by atoms with van der Waals surface area (Å²) < 4.78 is 0. The number of nitrogens with zero attached hydrogens (tertiary/aromatic N) is 1. The summed E-state index contributed by atoms with van der Waals surface area (Å²) in [6.07, 6.45) is 2.46. The number of urea groups is 1. The van der Waals surface area contributed by atoms with Gasteiger partial charge in [-0.25, -0.2) is 9.59 Å². The molecule has 1 atom stereocenters. The molecule has 0 radical (unpaired) electrons. The first-order valence-electron chi connectivity index (χ1n) is 7.31. The molecule has 21 heavy (non-hydrogen) atoms. The van der Waals surface area contributed by atoms with Crippen LogP contribution in [-0.4, -0.2) is 51.7 Å². The van der Waals surface area contributed by atoms with Crippen LogP contribution in [-0.2, 0) is 9.59 Å². The number of carboxylic acids is 2. The van der Waals surface area contributed by atoms with Crippen molar-refractivity contribution in [2.45, 2.75) is 65.0 Å². The number of nitrogens with one attached hydrogen (secondary N) is 1. The van der Waals surface area contributed by atoms with Crippen molar-refractivity contribution in [3.8, 4) is 0 Å². The summed E-state index contributed by atoms with van der Waals surface area (Å²) in [6.45, 7) is 6.34. The van der Waals surface area contributed by atoms with Crippen LogP contribution in [0, 0.1) is 0 Å². The minimum Gasteiger partial charge on any atom is -0.481 e. The van der Waals surface area contributed by atoms with Crippen molar-refractivity contribution < 1.29 is 24.6 Å². The average molecular weight is 302 g/mol. The van der Waals surface area contributed by atoms with Crippen LogP contribution in [0.4, 0.5) is 4.79 Å². The van der Waals surface area contributed by atoms with Crippen LogP contribution >= 0.6 is 0 Å². The van der Waals surface area contributed by atoms with Gasteiger partial charge < -0.3 is 20.4 Å². The van der Waals surface area contributed by atoms with Gasteiger partial charge in [0.15, 0.2) is 0 Å². The number of carboxylic acid groups (broad SMARTS) is 2. The molecular formula is C14H26N2O5. The number of rotatable bonds is 10. The lowest BCUT2D eigenvalue weighted by Gasteiger charge is -2.28. The fraction of sp³-hybridized carbons (Fsp3) is 0.786. The highest BCUT2D eigenvalue weighted by Crippen LogP contribution is 2.06. The largest absolute Gasteiger partial charge is 0.481 e. The number of carbonyl (C=O) groups excluding carboxylic acids is 1. The molecule has 0 fully saturated rings. The second-order valence-electron chi connectivity index (χ2n) is 5.27. The minimum absolute atomic E-state index is 0.0456. The molecule has 7 heteroatoms. The summed E-state index contributed by atoms with van der Waals surface area (Å²) in [6, 6.07) is -1.68. The zero-order chi connectivity index (χ0) is 16.4. The lowest BCUT2D eigenvalue weighted by atomic mass is 10.1. The summed E-state index contributed by atoms with van der Waals surface area (Å²) in [5.41, 5.74) is 0. The average Bonchev–Trinajstić information content (AvgIpc) is 2.38. The Morgan fingerprint density at radius 2 is 1.76 bits per heavy atom. The van der Waals surface area contributed by atoms with Crippen LogP contribution in [0.2, 0.25) is 0 Å². The van der Waals surface area contributed by atoms with E-state index in [0.717, 1.165) is 19.3 Å². The number of amides is 2. The molecule has 7 nitrogen and oxygen atoms in total. The quantitative estimate of drug-likeness (QED) is 0.534. The van der Waals surface area contributed by atoms with E-state index in [-0.39, 0.29) is 18.9 Å². The van der Waals surface area contributed by atoms with Crippen LogP contribution in [0.25, 0.3) is 0 Å². The van der Waals surface area contributed by atoms with Crippen molar-refractivity contribution in [1.82, 2.24) is 10.2 Å². The molecule has 122 valence electrons. The molecule has 0 spiro atoms. The molecule has 0 aromatic heterocycles. The van der Waals surface area contributed by atoms with Crippen molar-refractivity contribution in [1.29, 1.82) is 0 Å². The standard InChI is InChI=1S/C14H26N2O5/c1-4-5-6-9-16(10(2)3)14(21)15-11(13(19)20)7-8-12(17)18/h10-11H,4-9H2,1-3H3,(H,15,21)(H,17,18)(H,19,20). The first-order valence-corrected chi connectivity index (χ1v) is 7.31. The van der Waals surface area contributed by atoms with Gasteiger partial charge in [-0.15, -0.1) is 0 Å². The summed E-state index contributed by atoms with van der Waals surface area (Å²) in [7, 11) is 0. The molecule has 0 aromatic rings. The minimum atomic E-state index is -1.22. The van der Waals surface area contributed by atoms with E-state index in [0.29, 0.717) is 6.54 Å². The first kappa shape index (κ1) is 19.2. The molecule has 0 bridgehead atoms. The summed E-state index contributed by atoms with van der Waals surface area (Å²) in [5, 5.41) is 20.1. The molecular weight excluding hydrogens is 276 g/mol. The molecule has 0 heterocycles. The topological polar surface area (TPSA) is 107 Å². The Kier molecular flexibility index (Phi) is 9.16. The molecule has 0 saturated heterocycles. The van der Waals surface area contributed by atoms with E-state index < -0.39 is 24.0 Å². The third-order valence-electron chi connectivity index (χ3n) is 3.13. The summed E-state index contributed by atoms with van der Waals surface area (Å²) in [5.74, 6) is -2.30. The third kappa shape index (κ3) is 8.16. The number of unbranched alkanes of at least 4 members (excludes halogenated alkanes) is 2. The Morgan fingerprint density at radius 3 is 2.19 bits per heavy atom. The van der Waals surface area contributed by atoms with Gasteiger partial charge in [-0.1, -0.05) is 19.8 Å². The van der Waals surface area contributed by atoms with Gasteiger partial charge in [0.05, 0.1) is 0 Å². The van der Waals surface area contributed by atoms with Crippen molar-refractivity contribution >= 4 is 18.0 Å². The van der Waals surface area contributed by atoms with Crippen LogP contribution in [0.15, 0.2) is 0 Å². The smallest absolute Gasteiger partial charge is 0.326 e. The van der Waals surface area contributed by atoms with Crippen LogP contribution < -0.4 is 5.32 Å². The maximum absolute atomic E-state index is 12.1. The van der Waals surface area contributed by atoms with E-state index in [4.69, 9.17) is 10.2 Å². The number of hydrogen-bond acceptors (Lipinski definition) is 3. The zero-order valence-electron chi connectivity index (χ0n) is 13.0. The molecule has 0 rings (SSSR count).